The number of ether oxygens (including phenoxy) is 1. The number of aromatic nitrogens is 5. The highest BCUT2D eigenvalue weighted by atomic mass is 32.2. The molecular weight excluding hydrogens is 494 g/mol. The van der Waals surface area contributed by atoms with E-state index in [0.29, 0.717) is 11.8 Å². The zero-order valence-corrected chi connectivity index (χ0v) is 19.2. The van der Waals surface area contributed by atoms with Crippen LogP contribution in [0.25, 0.3) is 11.2 Å². The Hall–Kier alpha value is -2.45. The van der Waals surface area contributed by atoms with Crippen LogP contribution >= 0.6 is 11.8 Å². The molecule has 0 saturated heterocycles. The maximum absolute atomic E-state index is 14.5. The van der Waals surface area contributed by atoms with E-state index in [1.165, 1.54) is 6.92 Å². The Morgan fingerprint density at radius 1 is 1.31 bits per heavy atom. The Morgan fingerprint density at radius 2 is 2.14 bits per heavy atom. The smallest absolute Gasteiger partial charge is 0.191 e. The van der Waals surface area contributed by atoms with E-state index in [-0.39, 0.29) is 11.1 Å². The number of rotatable bonds is 10. The summed E-state index contributed by atoms with van der Waals surface area (Å²) in [6.07, 6.45) is -18.5. The van der Waals surface area contributed by atoms with E-state index in [1.54, 1.807) is 0 Å². The fourth-order valence-corrected chi connectivity index (χ4v) is 3.70. The topological polar surface area (TPSA) is 138 Å². The predicted octanol–water partition coefficient (Wildman–Crippen LogP) is 2.01. The SMILES string of the molecule is [2H]c1c([2H])c(C2([2H])[C@@H](Nc3nc(SC([2H])([2H])CC)nc4c3nnn4[C@]3([2H])C([2H])([2H])[C@]([2H])(OCCO)[C@@]([2H])(O)[C@@]3([2H])O)C2([2H])[2H])c([2H])c(F)c1F. The number of anilines is 1. The number of hydrogen-bond acceptors (Lipinski definition) is 10. The average molecular weight is 537 g/mol. The van der Waals surface area contributed by atoms with Crippen LogP contribution in [0.4, 0.5) is 14.6 Å². The maximum atomic E-state index is 14.5. The molecule has 0 spiro atoms. The summed E-state index contributed by atoms with van der Waals surface area (Å²) in [4.78, 5) is 8.15. The van der Waals surface area contributed by atoms with Gasteiger partial charge in [0.1, 0.15) is 12.2 Å². The normalized spacial score (nSPS) is 46.7. The summed E-state index contributed by atoms with van der Waals surface area (Å²) >= 11 is 0.338. The molecule has 1 aromatic carbocycles. The van der Waals surface area contributed by atoms with Crippen LogP contribution in [0.3, 0.4) is 0 Å². The summed E-state index contributed by atoms with van der Waals surface area (Å²) in [6.45, 7) is -0.314. The largest absolute Gasteiger partial charge is 0.394 e. The highest BCUT2D eigenvalue weighted by molar-refractivity contribution is 7.99. The van der Waals surface area contributed by atoms with Crippen molar-refractivity contribution in [1.82, 2.24) is 25.0 Å². The molecule has 0 aliphatic heterocycles. The standard InChI is InChI=1S/C23H28F2N6O4S/c1-2-7-36-23-27-21(26-15-9-12(15)11-3-4-13(24)14(25)8-11)18-22(28-23)31(30-29-18)16-10-17(35-6-5-32)20(34)19(16)33/h3-4,8,12,15-17,19-20,32-34H,2,5-7,9-10H2,1H3,(H,26,27,28)/t12?,15-,16+,17-,19-,20+/m0/s1/i3D,4D,7D2,8D,9D2,10D2,12D,16D,17D,19D,20D. The number of nitrogens with zero attached hydrogens (tertiary/aromatic N) is 5. The van der Waals surface area contributed by atoms with Crippen LogP contribution in [0.2, 0.25) is 0 Å². The monoisotopic (exact) mass is 536 g/mol. The molecule has 0 bridgehead atoms. The molecule has 3 aromatic rings. The Labute approximate surface area is 229 Å². The molecule has 5 rings (SSSR count). The highest BCUT2D eigenvalue weighted by Gasteiger charge is 2.45. The third-order valence-electron chi connectivity index (χ3n) is 4.81. The van der Waals surface area contributed by atoms with Crippen LogP contribution in [0.15, 0.2) is 23.3 Å². The lowest BCUT2D eigenvalue weighted by Crippen LogP contribution is -2.33. The molecule has 2 aromatic heterocycles. The number of hydrogen-bond donors (Lipinski definition) is 4. The maximum Gasteiger partial charge on any atom is 0.191 e. The molecule has 194 valence electrons. The van der Waals surface area contributed by atoms with Crippen molar-refractivity contribution in [3.8, 4) is 0 Å². The van der Waals surface area contributed by atoms with Gasteiger partial charge in [-0.2, -0.15) is 0 Å². The first kappa shape index (κ1) is 13.4. The third kappa shape index (κ3) is 4.90. The second-order valence-electron chi connectivity index (χ2n) is 7.21. The average Bonchev–Trinajstić information content (AvgIpc) is 3.27. The van der Waals surface area contributed by atoms with Gasteiger partial charge in [-0.1, -0.05) is 29.9 Å². The highest BCUT2D eigenvalue weighted by Crippen LogP contribution is 2.44. The quantitative estimate of drug-likeness (QED) is 0.225. The molecular formula is C23H28F2N6O4S. The van der Waals surface area contributed by atoms with Crippen LogP contribution in [-0.2, 0) is 4.74 Å². The van der Waals surface area contributed by atoms with E-state index in [0.717, 1.165) is 0 Å². The molecule has 1 unspecified atom stereocenters. The van der Waals surface area contributed by atoms with Crippen molar-refractivity contribution in [2.45, 2.75) is 67.4 Å². The Kier molecular flexibility index (Phi) is 3.90. The fraction of sp³-hybridized carbons (Fsp3) is 0.565. The minimum atomic E-state index is -4.05. The van der Waals surface area contributed by atoms with E-state index >= 15 is 0 Å². The second kappa shape index (κ2) is 10.5. The van der Waals surface area contributed by atoms with Crippen LogP contribution in [0.5, 0.6) is 0 Å². The van der Waals surface area contributed by atoms with Gasteiger partial charge in [-0.05, 0) is 30.4 Å². The first-order chi connectivity index (χ1) is 22.7. The van der Waals surface area contributed by atoms with Crippen molar-refractivity contribution in [2.75, 3.05) is 24.2 Å². The van der Waals surface area contributed by atoms with Crippen molar-refractivity contribution in [1.29, 1.82) is 0 Å². The minimum absolute atomic E-state index is 0.104. The Bertz CT molecular complexity index is 1870. The second-order valence-corrected chi connectivity index (χ2v) is 8.07. The van der Waals surface area contributed by atoms with Crippen LogP contribution in [0.1, 0.15) is 62.8 Å². The summed E-state index contributed by atoms with van der Waals surface area (Å²) < 4.78 is 151. The number of aliphatic hydroxyl groups excluding tert-OH is 1. The summed E-state index contributed by atoms with van der Waals surface area (Å²) in [7, 11) is 0. The van der Waals surface area contributed by atoms with Gasteiger partial charge in [0.15, 0.2) is 33.8 Å². The van der Waals surface area contributed by atoms with Gasteiger partial charge in [-0.15, -0.1) is 5.10 Å². The summed E-state index contributed by atoms with van der Waals surface area (Å²) in [5.74, 6) is -7.15. The van der Waals surface area contributed by atoms with Crippen molar-refractivity contribution in [3.05, 3.63) is 35.3 Å². The molecule has 6 atom stereocenters. The van der Waals surface area contributed by atoms with Crippen molar-refractivity contribution >= 4 is 28.7 Å². The van der Waals surface area contributed by atoms with E-state index in [2.05, 4.69) is 25.6 Å². The number of benzene rings is 1. The molecule has 2 heterocycles. The van der Waals surface area contributed by atoms with E-state index in [9.17, 15) is 24.1 Å². The Morgan fingerprint density at radius 3 is 2.92 bits per heavy atom. The van der Waals surface area contributed by atoms with Gasteiger partial charge in [0.05, 0.1) is 34.9 Å². The van der Waals surface area contributed by atoms with Crippen LogP contribution < -0.4 is 5.32 Å². The number of aliphatic hydroxyl groups is 3. The number of halogens is 2. The molecule has 4 N–H and O–H groups in total. The summed E-state index contributed by atoms with van der Waals surface area (Å²) in [5.41, 5.74) is -4.57. The van der Waals surface area contributed by atoms with Gasteiger partial charge in [0, 0.05) is 33.6 Å². The molecule has 10 nitrogen and oxygen atoms in total. The summed E-state index contributed by atoms with van der Waals surface area (Å²) in [6, 6.07) is -9.51. The Balaban J connectivity index is 1.73. The van der Waals surface area contributed by atoms with Gasteiger partial charge in [-0.3, -0.25) is 0 Å². The van der Waals surface area contributed by atoms with E-state index in [4.69, 9.17) is 23.9 Å². The van der Waals surface area contributed by atoms with E-state index in [1.807, 2.05) is 0 Å². The first-order valence-electron chi connectivity index (χ1n) is 17.4. The fourth-order valence-electron chi connectivity index (χ4n) is 3.16. The molecule has 2 aliphatic rings. The first-order valence-corrected chi connectivity index (χ1v) is 11.3. The molecule has 13 heteroatoms. The zero-order valence-electron chi connectivity index (χ0n) is 32.3. The van der Waals surface area contributed by atoms with Gasteiger partial charge in [0.25, 0.3) is 0 Å². The lowest BCUT2D eigenvalue weighted by molar-refractivity contribution is -0.0629. The van der Waals surface area contributed by atoms with Crippen LogP contribution in [0, 0.1) is 11.6 Å². The van der Waals surface area contributed by atoms with Gasteiger partial charge < -0.3 is 25.4 Å². The molecule has 36 heavy (non-hydrogen) atoms. The van der Waals surface area contributed by atoms with Crippen LogP contribution in [-0.4, -0.2) is 83.5 Å². The van der Waals surface area contributed by atoms with Gasteiger partial charge >= 0.3 is 0 Å². The molecule has 0 amide bonds. The number of thioether (sulfide) groups is 1. The molecule has 2 saturated carbocycles. The van der Waals surface area contributed by atoms with Gasteiger partial charge in [-0.25, -0.2) is 23.4 Å². The van der Waals surface area contributed by atoms with Crippen molar-refractivity contribution in [3.63, 3.8) is 0 Å². The predicted molar refractivity (Wildman–Crippen MR) is 128 cm³/mol. The molecule has 0 radical (unpaired) electrons. The number of fused-ring (bicyclic) bond motifs is 1. The van der Waals surface area contributed by atoms with Crippen molar-refractivity contribution < 1.29 is 48.0 Å². The van der Waals surface area contributed by atoms with Gasteiger partial charge in [0.2, 0.25) is 0 Å². The lowest BCUT2D eigenvalue weighted by atomic mass is 10.1. The summed E-state index contributed by atoms with van der Waals surface area (Å²) in [5, 5.41) is 40.6. The number of nitrogens with one attached hydrogen (secondary N) is 1. The molecule has 2 fully saturated rings. The zero-order chi connectivity index (χ0) is 38.0. The van der Waals surface area contributed by atoms with E-state index < -0.39 is 125 Å². The molecule has 2 aliphatic carbocycles. The minimum Gasteiger partial charge on any atom is -0.394 e. The van der Waals surface area contributed by atoms with Crippen molar-refractivity contribution in [2.24, 2.45) is 0 Å². The third-order valence-corrected chi connectivity index (χ3v) is 5.61. The lowest BCUT2D eigenvalue weighted by Gasteiger charge is -2.17.